The van der Waals surface area contributed by atoms with Crippen LogP contribution in [0.5, 0.6) is 11.5 Å². The van der Waals surface area contributed by atoms with Crippen molar-refractivity contribution < 1.29 is 11.9 Å². The fourth-order valence-corrected chi connectivity index (χ4v) is 25.1. The van der Waals surface area contributed by atoms with Gasteiger partial charge in [-0.1, -0.05) is 0 Å². The van der Waals surface area contributed by atoms with E-state index in [2.05, 4.69) is 139 Å². The van der Waals surface area contributed by atoms with Gasteiger partial charge in [0.2, 0.25) is 0 Å². The molecule has 252 valence electrons. The first kappa shape index (κ1) is 31.4. The standard InChI is InChI=1S/C44H36Cl2N2O2Te/c45-51(46)47(29-37-25-35(31-15-5-1-6-16-31)27-39(43(37)49-51)33-19-9-3-10-20-33)41-23-13-14-24-42(41)48(51)30-38-26-36(32-17-7-2-8-18-32)28-40(44(38)50-51)34-21-11-4-12-22-34/h1-12,15-22,25-30,41-42H,13-14,23-24H2/q+2/t41-,42-/m1/s1. The molecule has 0 amide bonds. The van der Waals surface area contributed by atoms with Gasteiger partial charge in [0.1, 0.15) is 0 Å². The Morgan fingerprint density at radius 3 is 1.18 bits per heavy atom. The molecule has 2 fully saturated rings. The summed E-state index contributed by atoms with van der Waals surface area (Å²) < 4.78 is 19.4. The van der Waals surface area contributed by atoms with E-state index < -0.39 is 14.6 Å². The summed E-state index contributed by atoms with van der Waals surface area (Å²) in [5, 5.41) is 0. The first-order valence-electron chi connectivity index (χ1n) is 17.6. The summed E-state index contributed by atoms with van der Waals surface area (Å²) in [6, 6.07) is 50.5. The molecule has 10 rings (SSSR count). The van der Waals surface area contributed by atoms with Crippen LogP contribution in [0.4, 0.5) is 0 Å². The second kappa shape index (κ2) is 11.1. The summed E-state index contributed by atoms with van der Waals surface area (Å²) in [7, 11) is 16.9. The molecule has 7 heteroatoms. The number of rotatable bonds is 4. The van der Waals surface area contributed by atoms with Crippen molar-refractivity contribution in [2.75, 3.05) is 0 Å². The molecule has 3 aliphatic heterocycles. The number of halogens is 2. The molecule has 4 aliphatic rings. The molecule has 0 N–H and O–H groups in total. The molecule has 2 atom stereocenters. The van der Waals surface area contributed by atoms with Crippen molar-refractivity contribution in [1.82, 2.24) is 0 Å². The molecule has 51 heavy (non-hydrogen) atoms. The third kappa shape index (κ3) is 4.65. The van der Waals surface area contributed by atoms with E-state index in [0.717, 1.165) is 81.3 Å². The molecular weight excluding hydrogens is 787 g/mol. The summed E-state index contributed by atoms with van der Waals surface area (Å²) in [6.45, 7) is 0. The topological polar surface area (TPSA) is 24.5 Å². The number of hydrogen-bond donors (Lipinski definition) is 0. The Bertz CT molecular complexity index is 2280. The molecule has 1 aliphatic carbocycles. The van der Waals surface area contributed by atoms with Gasteiger partial charge in [-0.05, 0) is 0 Å². The Hall–Kier alpha value is -4.37. The molecule has 4 nitrogen and oxygen atoms in total. The van der Waals surface area contributed by atoms with Gasteiger partial charge in [-0.25, -0.2) is 0 Å². The summed E-state index contributed by atoms with van der Waals surface area (Å²) in [6.07, 6.45) is 8.41. The first-order valence-corrected chi connectivity index (χ1v) is 27.5. The van der Waals surface area contributed by atoms with Crippen LogP contribution >= 0.6 is 17.9 Å². The van der Waals surface area contributed by atoms with Crippen molar-refractivity contribution in [1.29, 1.82) is 0 Å². The predicted molar refractivity (Wildman–Crippen MR) is 210 cm³/mol. The molecular formula is C44H36Cl2N2O2Te+2. The summed E-state index contributed by atoms with van der Waals surface area (Å²) in [4.78, 5) is 0. The zero-order chi connectivity index (χ0) is 34.3. The molecule has 3 heterocycles. The number of hydrogen-bond acceptors (Lipinski definition) is 2. The van der Waals surface area contributed by atoms with Crippen molar-refractivity contribution in [3.8, 4) is 56.0 Å². The Morgan fingerprint density at radius 1 is 0.451 bits per heavy atom. The van der Waals surface area contributed by atoms with E-state index in [1.165, 1.54) is 0 Å². The molecule has 6 aromatic rings. The maximum absolute atomic E-state index is 8.45. The van der Waals surface area contributed by atoms with Gasteiger partial charge < -0.3 is 0 Å². The number of nitrogens with zero attached hydrogens (tertiary/aromatic N) is 2. The van der Waals surface area contributed by atoms with Crippen LogP contribution in [-0.4, -0.2) is 44.7 Å². The van der Waals surface area contributed by atoms with Crippen molar-refractivity contribution in [3.05, 3.63) is 157 Å². The summed E-state index contributed by atoms with van der Waals surface area (Å²) in [5.74, 6) is 1.30. The second-order valence-electron chi connectivity index (χ2n) is 13.9. The average Bonchev–Trinajstić information content (AvgIpc) is 3.37. The Kier molecular flexibility index (Phi) is 6.81. The number of fused-ring (bicyclic) bond motifs is 5. The van der Waals surface area contributed by atoms with Crippen LogP contribution in [0.1, 0.15) is 36.8 Å². The van der Waals surface area contributed by atoms with Crippen molar-refractivity contribution in [3.63, 3.8) is 0 Å². The van der Waals surface area contributed by atoms with E-state index in [4.69, 9.17) is 24.1 Å². The zero-order valence-corrected chi connectivity index (χ0v) is 31.7. The Morgan fingerprint density at radius 2 is 0.804 bits per heavy atom. The molecule has 0 radical (unpaired) electrons. The van der Waals surface area contributed by atoms with Gasteiger partial charge in [0.25, 0.3) is 0 Å². The van der Waals surface area contributed by atoms with Gasteiger partial charge in [-0.15, -0.1) is 0 Å². The SMILES string of the molecule is Cl[Te]123(Cl)Oc4c(cc(-c5ccccc5)cc4-c4ccccc4)C=[N+]1[C@@H]1CCCC[C@H]1[N+]2=Cc1cc(-c2ccccc2)cc(-c2ccccc2)c1O3. The van der Waals surface area contributed by atoms with Gasteiger partial charge in [-0.3, -0.25) is 0 Å². The third-order valence-electron chi connectivity index (χ3n) is 10.9. The van der Waals surface area contributed by atoms with Crippen molar-refractivity contribution in [2.45, 2.75) is 37.8 Å². The molecule has 6 aromatic carbocycles. The third-order valence-corrected chi connectivity index (χ3v) is 26.7. The van der Waals surface area contributed by atoms with Crippen LogP contribution in [0, 0.1) is 0 Å². The van der Waals surface area contributed by atoms with E-state index in [1.54, 1.807) is 0 Å². The minimum atomic E-state index is -6.56. The van der Waals surface area contributed by atoms with E-state index in [-0.39, 0.29) is 12.1 Å². The van der Waals surface area contributed by atoms with Gasteiger partial charge >= 0.3 is 307 Å². The molecule has 1 saturated heterocycles. The maximum atomic E-state index is 8.45. The molecule has 1 spiro atoms. The molecule has 0 aromatic heterocycles. The number of benzene rings is 6. The van der Waals surface area contributed by atoms with Crippen LogP contribution in [0.25, 0.3) is 44.5 Å². The Labute approximate surface area is 305 Å². The minimum absolute atomic E-state index is 0.0209. The predicted octanol–water partition coefficient (Wildman–Crippen LogP) is 10.8. The van der Waals surface area contributed by atoms with Crippen LogP contribution in [-0.2, 0) is 0 Å². The van der Waals surface area contributed by atoms with Gasteiger partial charge in [0.15, 0.2) is 0 Å². The second-order valence-corrected chi connectivity index (χ2v) is 33.4. The molecule has 0 bridgehead atoms. The fraction of sp³-hybridized carbons (Fsp3) is 0.136. The van der Waals surface area contributed by atoms with E-state index in [0.29, 0.717) is 11.5 Å². The summed E-state index contributed by atoms with van der Waals surface area (Å²) in [5.41, 5.74) is 10.2. The first-order chi connectivity index (χ1) is 24.8. The van der Waals surface area contributed by atoms with Gasteiger partial charge in [0.05, 0.1) is 0 Å². The monoisotopic (exact) mass is 824 g/mol. The van der Waals surface area contributed by atoms with Crippen molar-refractivity contribution in [2.24, 2.45) is 0 Å². The average molecular weight is 823 g/mol. The van der Waals surface area contributed by atoms with Crippen LogP contribution in [0.15, 0.2) is 146 Å². The summed E-state index contributed by atoms with van der Waals surface area (Å²) >= 11 is -6.56. The van der Waals surface area contributed by atoms with E-state index in [9.17, 15) is 0 Å². The Balaban J connectivity index is 1.26. The van der Waals surface area contributed by atoms with Crippen LogP contribution in [0.2, 0.25) is 0 Å². The quantitative estimate of drug-likeness (QED) is 0.165. The molecule has 1 saturated carbocycles. The van der Waals surface area contributed by atoms with Crippen LogP contribution in [0.3, 0.4) is 0 Å². The normalized spacial score (nSPS) is 22.5. The van der Waals surface area contributed by atoms with Crippen molar-refractivity contribution >= 4 is 44.9 Å². The van der Waals surface area contributed by atoms with Crippen LogP contribution < -0.4 is 6.20 Å². The zero-order valence-electron chi connectivity index (χ0n) is 27.9. The van der Waals surface area contributed by atoms with Gasteiger partial charge in [-0.2, -0.15) is 0 Å². The fourth-order valence-electron chi connectivity index (χ4n) is 8.49. The van der Waals surface area contributed by atoms with E-state index in [1.807, 2.05) is 24.3 Å². The van der Waals surface area contributed by atoms with Gasteiger partial charge in [0, 0.05) is 0 Å². The van der Waals surface area contributed by atoms with E-state index >= 15 is 0 Å². The molecule has 0 unspecified atom stereocenters.